The number of nitrogens with two attached hydrogens (primary N) is 1. The summed E-state index contributed by atoms with van der Waals surface area (Å²) in [6.45, 7) is 3.92. The van der Waals surface area contributed by atoms with Gasteiger partial charge in [0.1, 0.15) is 23.6 Å². The Hall–Kier alpha value is -3.76. The fourth-order valence-corrected chi connectivity index (χ4v) is 8.66. The molecule has 2 bridgehead atoms. The van der Waals surface area contributed by atoms with E-state index in [4.69, 9.17) is 20.2 Å². The Morgan fingerprint density at radius 2 is 1.96 bits per heavy atom. The average Bonchev–Trinajstić information content (AvgIpc) is 3.66. The Morgan fingerprint density at radius 3 is 2.67 bits per heavy atom. The lowest BCUT2D eigenvalue weighted by atomic mass is 9.80. The van der Waals surface area contributed by atoms with Gasteiger partial charge < -0.3 is 25.4 Å². The first-order valence-corrected chi connectivity index (χ1v) is 16.3. The number of hydrogen-bond acceptors (Lipinski definition) is 9. The van der Waals surface area contributed by atoms with Gasteiger partial charge in [-0.25, -0.2) is 8.78 Å². The quantitative estimate of drug-likeness (QED) is 0.252. The van der Waals surface area contributed by atoms with Crippen LogP contribution in [0.2, 0.25) is 0 Å². The van der Waals surface area contributed by atoms with Gasteiger partial charge in [-0.1, -0.05) is 0 Å². The zero-order chi connectivity index (χ0) is 34.5. The van der Waals surface area contributed by atoms with Crippen LogP contribution in [0.5, 0.6) is 6.01 Å². The topological polar surface area (TPSA) is 102 Å². The fourth-order valence-electron chi connectivity index (χ4n) is 8.66. The molecular weight excluding hydrogens is 659 g/mol. The average molecular weight is 694 g/mol. The van der Waals surface area contributed by atoms with Gasteiger partial charge >= 0.3 is 12.2 Å². The van der Waals surface area contributed by atoms with Crippen molar-refractivity contribution in [2.45, 2.75) is 62.3 Å². The first kappa shape index (κ1) is 32.4. The Labute approximate surface area is 276 Å². The predicted molar refractivity (Wildman–Crippen MR) is 165 cm³/mol. The fraction of sp³-hybridized carbons (Fsp3) is 0.545. The lowest BCUT2D eigenvalue weighted by Gasteiger charge is -2.49. The third-order valence-corrected chi connectivity index (χ3v) is 11.1. The molecule has 0 radical (unpaired) electrons. The molecule has 3 aromatic rings. The molecule has 3 N–H and O–H groups in total. The van der Waals surface area contributed by atoms with E-state index in [2.05, 4.69) is 15.3 Å². The van der Waals surface area contributed by atoms with Crippen LogP contribution in [0.15, 0.2) is 23.9 Å². The van der Waals surface area contributed by atoms with Gasteiger partial charge in [0.25, 0.3) is 6.08 Å². The van der Waals surface area contributed by atoms with Crippen LogP contribution in [0.1, 0.15) is 43.2 Å². The number of halogens is 7. The van der Waals surface area contributed by atoms with E-state index in [-0.39, 0.29) is 59.9 Å². The predicted octanol–water partition coefficient (Wildman–Crippen LogP) is 5.60. The molecule has 5 fully saturated rings. The molecule has 49 heavy (non-hydrogen) atoms. The number of ether oxygens (including phenoxy) is 2. The maximum absolute atomic E-state index is 16.7. The lowest BCUT2D eigenvalue weighted by molar-refractivity contribution is -0.137. The monoisotopic (exact) mass is 693 g/mol. The smallest absolute Gasteiger partial charge is 0.417 e. The van der Waals surface area contributed by atoms with Crippen LogP contribution in [0.25, 0.3) is 22.2 Å². The minimum atomic E-state index is -5.05. The van der Waals surface area contributed by atoms with Crippen LogP contribution < -0.4 is 20.7 Å². The molecule has 0 aliphatic carbocycles. The highest BCUT2D eigenvalue weighted by Crippen LogP contribution is 2.46. The minimum Gasteiger partial charge on any atom is -0.461 e. The Balaban J connectivity index is 1.26. The van der Waals surface area contributed by atoms with E-state index < -0.39 is 63.0 Å². The number of nitrogen functional groups attached to an aromatic ring is 1. The summed E-state index contributed by atoms with van der Waals surface area (Å²) in [6.07, 6.45) is -2.38. The largest absolute Gasteiger partial charge is 0.461 e. The van der Waals surface area contributed by atoms with Gasteiger partial charge in [-0.15, -0.1) is 0 Å². The molecule has 7 heterocycles. The number of aryl methyl sites for hydroxylation is 1. The van der Waals surface area contributed by atoms with Crippen LogP contribution in [0.3, 0.4) is 0 Å². The van der Waals surface area contributed by atoms with Crippen molar-refractivity contribution in [1.29, 1.82) is 0 Å². The maximum Gasteiger partial charge on any atom is 0.417 e. The van der Waals surface area contributed by atoms with E-state index in [1.165, 1.54) is 0 Å². The van der Waals surface area contributed by atoms with Crippen molar-refractivity contribution in [1.82, 2.24) is 25.2 Å². The Bertz CT molecular complexity index is 1880. The molecule has 5 aliphatic rings. The highest BCUT2D eigenvalue weighted by Gasteiger charge is 2.52. The first-order valence-electron chi connectivity index (χ1n) is 16.3. The van der Waals surface area contributed by atoms with Gasteiger partial charge in [-0.3, -0.25) is 9.88 Å². The van der Waals surface area contributed by atoms with Gasteiger partial charge in [-0.05, 0) is 57.2 Å². The van der Waals surface area contributed by atoms with E-state index in [1.54, 1.807) is 0 Å². The number of rotatable bonds is 6. The highest BCUT2D eigenvalue weighted by atomic mass is 19.4. The first-order chi connectivity index (χ1) is 23.3. The van der Waals surface area contributed by atoms with Crippen molar-refractivity contribution in [3.05, 3.63) is 46.7 Å². The summed E-state index contributed by atoms with van der Waals surface area (Å²) < 4.78 is 114. The van der Waals surface area contributed by atoms with Crippen molar-refractivity contribution >= 4 is 22.4 Å². The minimum absolute atomic E-state index is 0.0340. The van der Waals surface area contributed by atoms with E-state index in [0.29, 0.717) is 39.3 Å². The molecule has 1 aromatic carbocycles. The number of piperazine rings is 1. The molecule has 9 nitrogen and oxygen atoms in total. The van der Waals surface area contributed by atoms with Gasteiger partial charge in [-0.2, -0.15) is 31.9 Å². The van der Waals surface area contributed by atoms with E-state index in [9.17, 15) is 22.0 Å². The Kier molecular flexibility index (Phi) is 7.54. The molecular formula is C33H34F7N7O2. The van der Waals surface area contributed by atoms with Gasteiger partial charge in [0, 0.05) is 48.9 Å². The zero-order valence-electron chi connectivity index (χ0n) is 26.6. The van der Waals surface area contributed by atoms with E-state index in [1.807, 2.05) is 9.80 Å². The lowest BCUT2D eigenvalue weighted by Crippen LogP contribution is -2.66. The molecule has 16 heteroatoms. The summed E-state index contributed by atoms with van der Waals surface area (Å²) in [4.78, 5) is 17.0. The maximum atomic E-state index is 16.7. The second-order valence-corrected chi connectivity index (χ2v) is 14.1. The molecule has 0 amide bonds. The molecule has 2 aromatic heterocycles. The third-order valence-electron chi connectivity index (χ3n) is 11.1. The number of anilines is 2. The molecule has 2 unspecified atom stereocenters. The van der Waals surface area contributed by atoms with Crippen LogP contribution in [-0.2, 0) is 10.9 Å². The number of pyridine rings is 1. The number of nitrogens with one attached hydrogen (secondary N) is 1. The normalized spacial score (nSPS) is 27.2. The molecule has 5 aliphatic heterocycles. The van der Waals surface area contributed by atoms with Crippen LogP contribution in [-0.4, -0.2) is 83.0 Å². The van der Waals surface area contributed by atoms with Crippen molar-refractivity contribution in [2.75, 3.05) is 56.6 Å². The Morgan fingerprint density at radius 1 is 1.16 bits per heavy atom. The summed E-state index contributed by atoms with van der Waals surface area (Å²) in [5.74, 6) is -2.25. The highest BCUT2D eigenvalue weighted by molar-refractivity contribution is 5.92. The van der Waals surface area contributed by atoms with Crippen molar-refractivity contribution in [2.24, 2.45) is 5.92 Å². The second kappa shape index (κ2) is 11.4. The number of aromatic nitrogens is 3. The van der Waals surface area contributed by atoms with Crippen molar-refractivity contribution < 1.29 is 40.2 Å². The summed E-state index contributed by atoms with van der Waals surface area (Å²) in [7, 11) is 0. The number of benzene rings is 1. The number of hydrogen-bond donors (Lipinski definition) is 2. The van der Waals surface area contributed by atoms with Gasteiger partial charge in [0.05, 0.1) is 41.0 Å². The standard InChI is InChI=1S/C33H34F7N7O2/c1-16-7-21(41)24(34)22(23(16)33(38,39)40)27-25(35)26-20(9-42-27)29(46-11-19-3-5-32(14-46,45-19)18-12-48-13-18)44-30(43-26)49-15-31-4-2-6-47(31)10-17(8-31)28(36)37/h7,9,18-19,45H,2-6,8,10-15,41H2,1H3/t19?,31-,32?/m0/s1. The molecule has 0 saturated carbocycles. The van der Waals surface area contributed by atoms with E-state index in [0.717, 1.165) is 38.4 Å². The molecule has 3 atom stereocenters. The van der Waals surface area contributed by atoms with Gasteiger partial charge in [0.15, 0.2) is 11.6 Å². The number of fused-ring (bicyclic) bond motifs is 4. The summed E-state index contributed by atoms with van der Waals surface area (Å²) in [5, 5.41) is 3.84. The third kappa shape index (κ3) is 5.20. The van der Waals surface area contributed by atoms with Crippen LogP contribution in [0.4, 0.5) is 42.2 Å². The summed E-state index contributed by atoms with van der Waals surface area (Å²) in [6, 6.07) is 0.661. The zero-order valence-corrected chi connectivity index (χ0v) is 26.6. The van der Waals surface area contributed by atoms with Gasteiger partial charge in [0.2, 0.25) is 0 Å². The second-order valence-electron chi connectivity index (χ2n) is 14.1. The molecule has 0 spiro atoms. The molecule has 5 saturated heterocycles. The SMILES string of the molecule is Cc1cc(N)c(F)c(-c2ncc3c(N4CC5CCC(C6COC6)(C4)N5)nc(OC[C@@]45CCCN4CC(=C(F)F)C5)nc3c2F)c1C(F)(F)F. The molecule has 8 rings (SSSR count). The van der Waals surface area contributed by atoms with Crippen molar-refractivity contribution in [3.63, 3.8) is 0 Å². The molecule has 262 valence electrons. The van der Waals surface area contributed by atoms with Crippen LogP contribution in [0, 0.1) is 24.5 Å². The summed E-state index contributed by atoms with van der Waals surface area (Å²) in [5.41, 5.74) is -0.0854. The van der Waals surface area contributed by atoms with E-state index >= 15 is 8.78 Å². The number of alkyl halides is 3. The van der Waals surface area contributed by atoms with Crippen molar-refractivity contribution in [3.8, 4) is 17.3 Å². The summed E-state index contributed by atoms with van der Waals surface area (Å²) >= 11 is 0. The number of nitrogens with zero attached hydrogens (tertiary/aromatic N) is 5. The van der Waals surface area contributed by atoms with Crippen LogP contribution >= 0.6 is 0 Å².